The van der Waals surface area contributed by atoms with E-state index in [1.807, 2.05) is 42.2 Å². The maximum Gasteiger partial charge on any atom is 0.254 e. The SMILES string of the molecule is CCOc1ccc(C(=O)N2CCN(C)C[C@H]2c2ccccc2)cc1OC. The number of likely N-dealkylation sites (N-methyl/N-ethyl adjacent to an activating group) is 1. The number of hydrogen-bond acceptors (Lipinski definition) is 4. The Kier molecular flexibility index (Phi) is 5.78. The molecule has 0 aliphatic carbocycles. The molecule has 0 radical (unpaired) electrons. The predicted molar refractivity (Wildman–Crippen MR) is 102 cm³/mol. The lowest BCUT2D eigenvalue weighted by atomic mass is 10.0. The van der Waals surface area contributed by atoms with Crippen molar-refractivity contribution in [2.45, 2.75) is 13.0 Å². The van der Waals surface area contributed by atoms with E-state index in [1.165, 1.54) is 0 Å². The fourth-order valence-corrected chi connectivity index (χ4v) is 3.36. The van der Waals surface area contributed by atoms with Gasteiger partial charge in [0.1, 0.15) is 0 Å². The van der Waals surface area contributed by atoms with E-state index in [0.717, 1.165) is 18.7 Å². The van der Waals surface area contributed by atoms with Crippen LogP contribution in [0, 0.1) is 0 Å². The van der Waals surface area contributed by atoms with Crippen molar-refractivity contribution in [2.24, 2.45) is 0 Å². The minimum absolute atomic E-state index is 0.0216. The van der Waals surface area contributed by atoms with Crippen molar-refractivity contribution in [3.05, 3.63) is 59.7 Å². The lowest BCUT2D eigenvalue weighted by Crippen LogP contribution is -2.49. The maximum absolute atomic E-state index is 13.2. The molecule has 2 aromatic carbocycles. The quantitative estimate of drug-likeness (QED) is 0.827. The van der Waals surface area contributed by atoms with Crippen molar-refractivity contribution in [3.8, 4) is 11.5 Å². The molecule has 1 aliphatic heterocycles. The first kappa shape index (κ1) is 18.3. The number of carbonyl (C=O) groups is 1. The van der Waals surface area contributed by atoms with E-state index in [2.05, 4.69) is 24.1 Å². The van der Waals surface area contributed by atoms with Gasteiger partial charge in [-0.1, -0.05) is 30.3 Å². The zero-order valence-corrected chi connectivity index (χ0v) is 15.6. The second-order valence-corrected chi connectivity index (χ2v) is 6.49. The number of methoxy groups -OCH3 is 1. The molecule has 0 unspecified atom stereocenters. The lowest BCUT2D eigenvalue weighted by molar-refractivity contribution is 0.0497. The molecule has 0 aromatic heterocycles. The van der Waals surface area contributed by atoms with Crippen molar-refractivity contribution in [1.82, 2.24) is 9.80 Å². The molecule has 0 saturated carbocycles. The van der Waals surface area contributed by atoms with Crippen LogP contribution in [0.25, 0.3) is 0 Å². The van der Waals surface area contributed by atoms with E-state index >= 15 is 0 Å². The van der Waals surface area contributed by atoms with E-state index in [0.29, 0.717) is 30.2 Å². The number of benzene rings is 2. The van der Waals surface area contributed by atoms with Gasteiger partial charge >= 0.3 is 0 Å². The van der Waals surface area contributed by atoms with Crippen molar-refractivity contribution in [2.75, 3.05) is 40.4 Å². The number of amides is 1. The summed E-state index contributed by atoms with van der Waals surface area (Å²) in [6.07, 6.45) is 0. The molecule has 2 aromatic rings. The number of hydrogen-bond donors (Lipinski definition) is 0. The number of nitrogens with zero attached hydrogens (tertiary/aromatic N) is 2. The molecule has 1 heterocycles. The normalized spacial score (nSPS) is 17.8. The third-order valence-electron chi connectivity index (χ3n) is 4.74. The van der Waals surface area contributed by atoms with Gasteiger partial charge in [-0.25, -0.2) is 0 Å². The number of piperazine rings is 1. The summed E-state index contributed by atoms with van der Waals surface area (Å²) in [4.78, 5) is 17.5. The van der Waals surface area contributed by atoms with Gasteiger partial charge in [-0.2, -0.15) is 0 Å². The molecule has 26 heavy (non-hydrogen) atoms. The summed E-state index contributed by atoms with van der Waals surface area (Å²) < 4.78 is 11.0. The van der Waals surface area contributed by atoms with Gasteiger partial charge in [0.15, 0.2) is 11.5 Å². The average molecular weight is 354 g/mol. The van der Waals surface area contributed by atoms with Crippen LogP contribution in [-0.2, 0) is 0 Å². The molecule has 1 aliphatic rings. The van der Waals surface area contributed by atoms with Crippen LogP contribution in [0.2, 0.25) is 0 Å². The zero-order valence-electron chi connectivity index (χ0n) is 15.6. The molecule has 5 heteroatoms. The molecule has 0 bridgehead atoms. The Bertz CT molecular complexity index is 748. The predicted octanol–water partition coefficient (Wildman–Crippen LogP) is 3.22. The molecule has 0 N–H and O–H groups in total. The van der Waals surface area contributed by atoms with Gasteiger partial charge in [0, 0.05) is 25.2 Å². The summed E-state index contributed by atoms with van der Waals surface area (Å²) in [6, 6.07) is 15.7. The summed E-state index contributed by atoms with van der Waals surface area (Å²) in [5, 5.41) is 0. The molecule has 3 rings (SSSR count). The van der Waals surface area contributed by atoms with Crippen LogP contribution in [0.4, 0.5) is 0 Å². The standard InChI is InChI=1S/C21H26N2O3/c1-4-26-19-11-10-17(14-20(19)25-3)21(24)23-13-12-22(2)15-18(23)16-8-6-5-7-9-16/h5-11,14,18H,4,12-13,15H2,1-3H3/t18-/m0/s1. The van der Waals surface area contributed by atoms with Crippen LogP contribution in [0.15, 0.2) is 48.5 Å². The minimum Gasteiger partial charge on any atom is -0.493 e. The molecular formula is C21H26N2O3. The highest BCUT2D eigenvalue weighted by Crippen LogP contribution is 2.31. The molecule has 0 spiro atoms. The first-order chi connectivity index (χ1) is 12.6. The van der Waals surface area contributed by atoms with Crippen LogP contribution in [0.5, 0.6) is 11.5 Å². The van der Waals surface area contributed by atoms with Crippen molar-refractivity contribution in [1.29, 1.82) is 0 Å². The fourth-order valence-electron chi connectivity index (χ4n) is 3.36. The Morgan fingerprint density at radius 3 is 2.58 bits per heavy atom. The molecule has 1 atom stereocenters. The highest BCUT2D eigenvalue weighted by Gasteiger charge is 2.31. The molecule has 138 valence electrons. The van der Waals surface area contributed by atoms with Gasteiger partial charge in [0.05, 0.1) is 19.8 Å². The van der Waals surface area contributed by atoms with Crippen molar-refractivity contribution < 1.29 is 14.3 Å². The third kappa shape index (κ3) is 3.83. The van der Waals surface area contributed by atoms with Gasteiger partial charge in [-0.3, -0.25) is 4.79 Å². The van der Waals surface area contributed by atoms with Gasteiger partial charge < -0.3 is 19.3 Å². The Balaban J connectivity index is 1.89. The smallest absolute Gasteiger partial charge is 0.254 e. The number of rotatable bonds is 5. The first-order valence-electron chi connectivity index (χ1n) is 8.99. The van der Waals surface area contributed by atoms with Crippen LogP contribution < -0.4 is 9.47 Å². The highest BCUT2D eigenvalue weighted by molar-refractivity contribution is 5.95. The van der Waals surface area contributed by atoms with E-state index in [1.54, 1.807) is 13.2 Å². The molecule has 1 saturated heterocycles. The van der Waals surface area contributed by atoms with Gasteiger partial charge in [0.2, 0.25) is 0 Å². The fraction of sp³-hybridized carbons (Fsp3) is 0.381. The average Bonchev–Trinajstić information content (AvgIpc) is 2.68. The van der Waals surface area contributed by atoms with E-state index in [-0.39, 0.29) is 11.9 Å². The number of carbonyl (C=O) groups excluding carboxylic acids is 1. The summed E-state index contributed by atoms with van der Waals surface area (Å²) in [5.41, 5.74) is 1.78. The summed E-state index contributed by atoms with van der Waals surface area (Å²) in [7, 11) is 3.69. The minimum atomic E-state index is 0.0216. The summed E-state index contributed by atoms with van der Waals surface area (Å²) in [6.45, 7) is 4.86. The molecule has 1 amide bonds. The lowest BCUT2D eigenvalue weighted by Gasteiger charge is -2.40. The second kappa shape index (κ2) is 8.23. The summed E-state index contributed by atoms with van der Waals surface area (Å²) in [5.74, 6) is 1.26. The molecule has 1 fully saturated rings. The summed E-state index contributed by atoms with van der Waals surface area (Å²) >= 11 is 0. The van der Waals surface area contributed by atoms with E-state index < -0.39 is 0 Å². The second-order valence-electron chi connectivity index (χ2n) is 6.49. The Morgan fingerprint density at radius 2 is 1.88 bits per heavy atom. The highest BCUT2D eigenvalue weighted by atomic mass is 16.5. The van der Waals surface area contributed by atoms with Gasteiger partial charge in [0.25, 0.3) is 5.91 Å². The molecular weight excluding hydrogens is 328 g/mol. The largest absolute Gasteiger partial charge is 0.493 e. The first-order valence-corrected chi connectivity index (χ1v) is 8.99. The molecule has 5 nitrogen and oxygen atoms in total. The third-order valence-corrected chi connectivity index (χ3v) is 4.74. The van der Waals surface area contributed by atoms with Crippen molar-refractivity contribution in [3.63, 3.8) is 0 Å². The van der Waals surface area contributed by atoms with Crippen LogP contribution in [-0.4, -0.2) is 56.1 Å². The maximum atomic E-state index is 13.2. The van der Waals surface area contributed by atoms with Gasteiger partial charge in [-0.05, 0) is 37.7 Å². The Hall–Kier alpha value is -2.53. The zero-order chi connectivity index (χ0) is 18.5. The van der Waals surface area contributed by atoms with Crippen LogP contribution in [0.1, 0.15) is 28.9 Å². The van der Waals surface area contributed by atoms with Gasteiger partial charge in [-0.15, -0.1) is 0 Å². The Morgan fingerprint density at radius 1 is 1.12 bits per heavy atom. The van der Waals surface area contributed by atoms with Crippen LogP contribution >= 0.6 is 0 Å². The van der Waals surface area contributed by atoms with E-state index in [4.69, 9.17) is 9.47 Å². The monoisotopic (exact) mass is 354 g/mol. The topological polar surface area (TPSA) is 42.0 Å². The van der Waals surface area contributed by atoms with Crippen LogP contribution in [0.3, 0.4) is 0 Å². The number of ether oxygens (including phenoxy) is 2. The van der Waals surface area contributed by atoms with Crippen molar-refractivity contribution >= 4 is 5.91 Å². The van der Waals surface area contributed by atoms with E-state index in [9.17, 15) is 4.79 Å². The Labute approximate surface area is 155 Å².